The van der Waals surface area contributed by atoms with Gasteiger partial charge < -0.3 is 11.1 Å². The topological polar surface area (TPSA) is 98.0 Å². The molecular formula is C12H14N4O2S2. The lowest BCUT2D eigenvalue weighted by Crippen LogP contribution is -2.12. The van der Waals surface area contributed by atoms with Gasteiger partial charge in [0.05, 0.1) is 12.2 Å². The summed E-state index contributed by atoms with van der Waals surface area (Å²) < 4.78 is 22.9. The Kier molecular flexibility index (Phi) is 3.14. The normalized spacial score (nSPS) is 17.9. The van der Waals surface area contributed by atoms with E-state index in [1.54, 1.807) is 11.3 Å². The van der Waals surface area contributed by atoms with Crippen molar-refractivity contribution in [1.82, 2.24) is 9.97 Å². The van der Waals surface area contributed by atoms with Crippen LogP contribution < -0.4 is 11.1 Å². The van der Waals surface area contributed by atoms with Crippen LogP contribution in [0.25, 0.3) is 0 Å². The third-order valence-corrected chi connectivity index (χ3v) is 5.47. The number of sulfone groups is 1. The minimum absolute atomic E-state index is 0.0191. The Morgan fingerprint density at radius 1 is 1.50 bits per heavy atom. The lowest BCUT2D eigenvalue weighted by atomic mass is 10.3. The fourth-order valence-electron chi connectivity index (χ4n) is 2.32. The van der Waals surface area contributed by atoms with Crippen LogP contribution in [-0.4, -0.2) is 24.6 Å². The van der Waals surface area contributed by atoms with E-state index in [9.17, 15) is 8.42 Å². The number of nitrogen functional groups attached to an aromatic ring is 1. The molecule has 0 amide bonds. The molecule has 2 aromatic heterocycles. The molecule has 0 fully saturated rings. The second-order valence-corrected chi connectivity index (χ2v) is 7.69. The van der Waals surface area contributed by atoms with Gasteiger partial charge in [-0.1, -0.05) is 0 Å². The van der Waals surface area contributed by atoms with E-state index in [0.29, 0.717) is 5.95 Å². The highest BCUT2D eigenvalue weighted by molar-refractivity contribution is 7.90. The Hall–Kier alpha value is -1.67. The summed E-state index contributed by atoms with van der Waals surface area (Å²) in [6, 6.07) is 2.30. The van der Waals surface area contributed by atoms with Gasteiger partial charge in [-0.3, -0.25) is 0 Å². The van der Waals surface area contributed by atoms with Crippen LogP contribution in [0.1, 0.15) is 22.9 Å². The number of hydrogen-bond acceptors (Lipinski definition) is 7. The summed E-state index contributed by atoms with van der Waals surface area (Å²) in [6.45, 7) is 0. The van der Waals surface area contributed by atoms with Gasteiger partial charge in [0, 0.05) is 11.1 Å². The summed E-state index contributed by atoms with van der Waals surface area (Å²) in [4.78, 5) is 9.35. The van der Waals surface area contributed by atoms with Crippen LogP contribution in [0.4, 0.5) is 11.8 Å². The van der Waals surface area contributed by atoms with E-state index in [0.717, 1.165) is 19.1 Å². The molecule has 0 saturated carbocycles. The summed E-state index contributed by atoms with van der Waals surface area (Å²) in [7, 11) is -3.39. The molecule has 20 heavy (non-hydrogen) atoms. The van der Waals surface area contributed by atoms with Gasteiger partial charge in [-0.15, -0.1) is 11.3 Å². The van der Waals surface area contributed by atoms with E-state index >= 15 is 0 Å². The summed E-state index contributed by atoms with van der Waals surface area (Å²) >= 11 is 1.71. The Morgan fingerprint density at radius 2 is 2.30 bits per heavy atom. The van der Waals surface area contributed by atoms with Crippen molar-refractivity contribution in [2.75, 3.05) is 17.3 Å². The zero-order valence-electron chi connectivity index (χ0n) is 10.8. The predicted molar refractivity (Wildman–Crippen MR) is 78.6 cm³/mol. The lowest BCUT2D eigenvalue weighted by Gasteiger charge is -2.13. The van der Waals surface area contributed by atoms with Crippen LogP contribution >= 0.6 is 11.3 Å². The second kappa shape index (κ2) is 4.71. The molecule has 6 nitrogen and oxygen atoms in total. The zero-order chi connectivity index (χ0) is 14.3. The molecule has 0 aliphatic heterocycles. The van der Waals surface area contributed by atoms with E-state index < -0.39 is 9.84 Å². The monoisotopic (exact) mass is 310 g/mol. The average Bonchev–Trinajstić information content (AvgIpc) is 2.92. The van der Waals surface area contributed by atoms with Crippen molar-refractivity contribution in [3.63, 3.8) is 0 Å². The second-order valence-electron chi connectivity index (χ2n) is 4.76. The summed E-state index contributed by atoms with van der Waals surface area (Å²) in [6.07, 6.45) is 4.36. The fourth-order valence-corrected chi connectivity index (χ4v) is 4.03. The number of nitrogens with two attached hydrogens (primary N) is 1. The summed E-state index contributed by atoms with van der Waals surface area (Å²) in [5.41, 5.74) is 7.04. The standard InChI is InChI=1S/C12H14N4O2S2/c1-20(17,18)9-6-14-12(16-11(9)13)15-8-3-2-7-4-5-19-10(7)8/h4-6,8H,2-3H2,1H3,(H3,13,14,15,16). The maximum absolute atomic E-state index is 11.5. The first kappa shape index (κ1) is 13.3. The molecule has 1 aliphatic rings. The van der Waals surface area contributed by atoms with Gasteiger partial charge >= 0.3 is 0 Å². The highest BCUT2D eigenvalue weighted by Crippen LogP contribution is 2.37. The van der Waals surface area contributed by atoms with E-state index in [1.807, 2.05) is 0 Å². The molecule has 2 heterocycles. The Morgan fingerprint density at radius 3 is 3.00 bits per heavy atom. The van der Waals surface area contributed by atoms with Crippen molar-refractivity contribution >= 4 is 32.9 Å². The predicted octanol–water partition coefficient (Wildman–Crippen LogP) is 1.62. The first-order valence-electron chi connectivity index (χ1n) is 6.10. The van der Waals surface area contributed by atoms with Crippen molar-refractivity contribution in [1.29, 1.82) is 0 Å². The molecule has 106 valence electrons. The van der Waals surface area contributed by atoms with Crippen molar-refractivity contribution in [3.05, 3.63) is 28.1 Å². The van der Waals surface area contributed by atoms with Crippen LogP contribution in [0, 0.1) is 0 Å². The largest absolute Gasteiger partial charge is 0.382 e. The van der Waals surface area contributed by atoms with Crippen molar-refractivity contribution in [3.8, 4) is 0 Å². The van der Waals surface area contributed by atoms with E-state index in [-0.39, 0.29) is 16.8 Å². The van der Waals surface area contributed by atoms with E-state index in [4.69, 9.17) is 5.73 Å². The molecule has 2 aromatic rings. The maximum atomic E-state index is 11.5. The number of aryl methyl sites for hydroxylation is 1. The first-order chi connectivity index (χ1) is 9.45. The molecule has 0 spiro atoms. The van der Waals surface area contributed by atoms with Gasteiger partial charge in [-0.05, 0) is 29.9 Å². The molecule has 8 heteroatoms. The van der Waals surface area contributed by atoms with Crippen LogP contribution in [0.2, 0.25) is 0 Å². The fraction of sp³-hybridized carbons (Fsp3) is 0.333. The highest BCUT2D eigenvalue weighted by atomic mass is 32.2. The highest BCUT2D eigenvalue weighted by Gasteiger charge is 2.24. The molecule has 0 bridgehead atoms. The van der Waals surface area contributed by atoms with Gasteiger partial charge in [-0.2, -0.15) is 4.98 Å². The SMILES string of the molecule is CS(=O)(=O)c1cnc(NC2CCc3ccsc32)nc1N. The molecule has 3 rings (SSSR count). The molecule has 1 aliphatic carbocycles. The van der Waals surface area contributed by atoms with E-state index in [2.05, 4.69) is 26.7 Å². The summed E-state index contributed by atoms with van der Waals surface area (Å²) in [5.74, 6) is 0.343. The van der Waals surface area contributed by atoms with Crippen molar-refractivity contribution in [2.45, 2.75) is 23.8 Å². The Bertz CT molecular complexity index is 755. The van der Waals surface area contributed by atoms with Gasteiger partial charge in [0.1, 0.15) is 10.7 Å². The molecule has 3 N–H and O–H groups in total. The van der Waals surface area contributed by atoms with Gasteiger partial charge in [0.15, 0.2) is 9.84 Å². The number of aromatic nitrogens is 2. The third-order valence-electron chi connectivity index (χ3n) is 3.29. The number of hydrogen-bond donors (Lipinski definition) is 2. The van der Waals surface area contributed by atoms with Crippen LogP contribution in [-0.2, 0) is 16.3 Å². The van der Waals surface area contributed by atoms with Gasteiger partial charge in [0.25, 0.3) is 0 Å². The Balaban J connectivity index is 1.85. The minimum Gasteiger partial charge on any atom is -0.382 e. The maximum Gasteiger partial charge on any atom is 0.225 e. The number of thiophene rings is 1. The van der Waals surface area contributed by atoms with Crippen molar-refractivity contribution in [2.24, 2.45) is 0 Å². The molecule has 1 unspecified atom stereocenters. The van der Waals surface area contributed by atoms with Crippen molar-refractivity contribution < 1.29 is 8.42 Å². The molecule has 0 saturated heterocycles. The quantitative estimate of drug-likeness (QED) is 0.894. The first-order valence-corrected chi connectivity index (χ1v) is 8.87. The smallest absolute Gasteiger partial charge is 0.225 e. The van der Waals surface area contributed by atoms with E-state index in [1.165, 1.54) is 16.6 Å². The van der Waals surface area contributed by atoms with Gasteiger partial charge in [-0.25, -0.2) is 13.4 Å². The molecule has 0 radical (unpaired) electrons. The number of nitrogens with one attached hydrogen (secondary N) is 1. The number of anilines is 2. The Labute approximate surface area is 121 Å². The molecule has 1 atom stereocenters. The van der Waals surface area contributed by atoms with Crippen LogP contribution in [0.15, 0.2) is 22.5 Å². The number of fused-ring (bicyclic) bond motifs is 1. The number of nitrogens with zero attached hydrogens (tertiary/aromatic N) is 2. The minimum atomic E-state index is -3.39. The zero-order valence-corrected chi connectivity index (χ0v) is 12.5. The van der Waals surface area contributed by atoms with Crippen LogP contribution in [0.5, 0.6) is 0 Å². The van der Waals surface area contributed by atoms with Gasteiger partial charge in [0.2, 0.25) is 5.95 Å². The van der Waals surface area contributed by atoms with Crippen LogP contribution in [0.3, 0.4) is 0 Å². The molecule has 0 aromatic carbocycles. The summed E-state index contributed by atoms with van der Waals surface area (Å²) in [5, 5.41) is 5.29. The average molecular weight is 310 g/mol. The third kappa shape index (κ3) is 2.36. The lowest BCUT2D eigenvalue weighted by molar-refractivity contribution is 0.601. The number of rotatable bonds is 3. The molecular weight excluding hydrogens is 296 g/mol.